The van der Waals surface area contributed by atoms with Crippen LogP contribution in [0.4, 0.5) is 26.4 Å². The normalized spacial score (nSPS) is 10.4. The van der Waals surface area contributed by atoms with Crippen LogP contribution in [0.25, 0.3) is 0 Å². The maximum Gasteiger partial charge on any atom is 0.338 e. The van der Waals surface area contributed by atoms with Crippen molar-refractivity contribution in [2.45, 2.75) is 6.61 Å². The summed E-state index contributed by atoms with van der Waals surface area (Å²) in [6.45, 7) is -0.342. The molecule has 0 saturated carbocycles. The number of hydrogen-bond donors (Lipinski definition) is 2. The smallest absolute Gasteiger partial charge is 0.338 e. The van der Waals surface area contributed by atoms with Crippen LogP contribution >= 0.6 is 0 Å². The van der Waals surface area contributed by atoms with Crippen molar-refractivity contribution in [1.82, 2.24) is 15.0 Å². The molecule has 2 aromatic carbocycles. The molecule has 144 valence electrons. The fraction of sp³-hybridized carbons (Fsp3) is 0.111. The third-order valence-electron chi connectivity index (χ3n) is 3.54. The summed E-state index contributed by atoms with van der Waals surface area (Å²) in [4.78, 5) is 24.0. The first kappa shape index (κ1) is 19.0. The van der Waals surface area contributed by atoms with E-state index in [2.05, 4.69) is 20.3 Å². The number of anilines is 3. The minimum atomic E-state index is -1.15. The summed E-state index contributed by atoms with van der Waals surface area (Å²) in [5.41, 5.74) is 6.12. The van der Waals surface area contributed by atoms with E-state index in [1.807, 2.05) is 0 Å². The van der Waals surface area contributed by atoms with Crippen molar-refractivity contribution in [2.24, 2.45) is 0 Å². The molecule has 0 aliphatic rings. The van der Waals surface area contributed by atoms with E-state index in [4.69, 9.17) is 15.2 Å². The number of carbonyl (C=O) groups is 1. The van der Waals surface area contributed by atoms with Gasteiger partial charge in [0.05, 0.1) is 18.4 Å². The van der Waals surface area contributed by atoms with E-state index in [0.29, 0.717) is 11.4 Å². The lowest BCUT2D eigenvalue weighted by Gasteiger charge is -2.11. The Morgan fingerprint density at radius 3 is 2.64 bits per heavy atom. The number of nitrogen functional groups attached to an aromatic ring is 1. The van der Waals surface area contributed by atoms with E-state index in [-0.39, 0.29) is 29.9 Å². The average molecular weight is 387 g/mol. The van der Waals surface area contributed by atoms with Gasteiger partial charge in [0.2, 0.25) is 11.9 Å². The molecule has 3 aromatic rings. The summed E-state index contributed by atoms with van der Waals surface area (Å²) < 4.78 is 36.4. The molecule has 1 aromatic heterocycles. The Kier molecular flexibility index (Phi) is 5.58. The predicted octanol–water partition coefficient (Wildman–Crippen LogP) is 2.84. The van der Waals surface area contributed by atoms with Crippen LogP contribution in [0.3, 0.4) is 0 Å². The number of para-hydroxylation sites is 2. The highest BCUT2D eigenvalue weighted by molar-refractivity contribution is 5.89. The number of carbonyl (C=O) groups excluding carboxylic acids is 1. The van der Waals surface area contributed by atoms with E-state index < -0.39 is 17.6 Å². The van der Waals surface area contributed by atoms with E-state index in [9.17, 15) is 13.6 Å². The van der Waals surface area contributed by atoms with Gasteiger partial charge in [-0.2, -0.15) is 15.0 Å². The highest BCUT2D eigenvalue weighted by Crippen LogP contribution is 2.25. The molecule has 0 aliphatic carbocycles. The maximum absolute atomic E-state index is 13.2. The standard InChI is InChI=1S/C18H15F2N5O3/c1-27-14-5-3-2-4-13(14)22-18-24-15(23-17(21)25-18)9-28-16(26)10-6-7-11(19)12(20)8-10/h2-8H,9H2,1H3,(H3,21,22,23,24,25). The highest BCUT2D eigenvalue weighted by atomic mass is 19.2. The molecule has 3 rings (SSSR count). The van der Waals surface area contributed by atoms with Gasteiger partial charge < -0.3 is 20.5 Å². The largest absolute Gasteiger partial charge is 0.495 e. The summed E-state index contributed by atoms with van der Waals surface area (Å²) in [5, 5.41) is 2.94. The molecule has 3 N–H and O–H groups in total. The molecule has 0 bridgehead atoms. The van der Waals surface area contributed by atoms with Gasteiger partial charge in [-0.05, 0) is 30.3 Å². The number of nitrogens with one attached hydrogen (secondary N) is 1. The summed E-state index contributed by atoms with van der Waals surface area (Å²) in [7, 11) is 1.52. The number of nitrogens with zero attached hydrogens (tertiary/aromatic N) is 3. The third-order valence-corrected chi connectivity index (χ3v) is 3.54. The van der Waals surface area contributed by atoms with Crippen molar-refractivity contribution in [1.29, 1.82) is 0 Å². The first-order valence-corrected chi connectivity index (χ1v) is 7.99. The molecular weight excluding hydrogens is 372 g/mol. The number of halogens is 2. The molecule has 28 heavy (non-hydrogen) atoms. The van der Waals surface area contributed by atoms with Crippen LogP contribution < -0.4 is 15.8 Å². The Morgan fingerprint density at radius 2 is 1.89 bits per heavy atom. The molecule has 10 heteroatoms. The topological polar surface area (TPSA) is 112 Å². The van der Waals surface area contributed by atoms with E-state index in [0.717, 1.165) is 18.2 Å². The van der Waals surface area contributed by atoms with Gasteiger partial charge in [0.15, 0.2) is 24.1 Å². The third kappa shape index (κ3) is 4.47. The van der Waals surface area contributed by atoms with Crippen LogP contribution in [0.2, 0.25) is 0 Å². The van der Waals surface area contributed by atoms with Crippen molar-refractivity contribution in [2.75, 3.05) is 18.2 Å². The van der Waals surface area contributed by atoms with Crippen molar-refractivity contribution in [3.05, 3.63) is 65.5 Å². The number of methoxy groups -OCH3 is 1. The van der Waals surface area contributed by atoms with Crippen LogP contribution in [0.5, 0.6) is 5.75 Å². The molecule has 8 nitrogen and oxygen atoms in total. The van der Waals surface area contributed by atoms with Gasteiger partial charge in [-0.15, -0.1) is 0 Å². The molecule has 0 fully saturated rings. The summed E-state index contributed by atoms with van der Waals surface area (Å²) in [5.74, 6) is -2.41. The Bertz CT molecular complexity index is 1020. The highest BCUT2D eigenvalue weighted by Gasteiger charge is 2.13. The average Bonchev–Trinajstić information content (AvgIpc) is 2.68. The zero-order valence-electron chi connectivity index (χ0n) is 14.6. The van der Waals surface area contributed by atoms with Gasteiger partial charge >= 0.3 is 5.97 Å². The van der Waals surface area contributed by atoms with E-state index in [1.54, 1.807) is 24.3 Å². The first-order valence-electron chi connectivity index (χ1n) is 7.99. The monoisotopic (exact) mass is 387 g/mol. The lowest BCUT2D eigenvalue weighted by molar-refractivity contribution is 0.0461. The predicted molar refractivity (Wildman–Crippen MR) is 96.0 cm³/mol. The van der Waals surface area contributed by atoms with Crippen LogP contribution in [0.1, 0.15) is 16.2 Å². The second kappa shape index (κ2) is 8.25. The summed E-state index contributed by atoms with van der Waals surface area (Å²) >= 11 is 0. The van der Waals surface area contributed by atoms with Gasteiger partial charge in [0.25, 0.3) is 0 Å². The Labute approximate surface area is 158 Å². The van der Waals surface area contributed by atoms with Crippen LogP contribution in [0, 0.1) is 11.6 Å². The Morgan fingerprint density at radius 1 is 1.11 bits per heavy atom. The number of hydrogen-bond acceptors (Lipinski definition) is 8. The number of ether oxygens (including phenoxy) is 2. The molecule has 0 unspecified atom stereocenters. The zero-order chi connectivity index (χ0) is 20.1. The van der Waals surface area contributed by atoms with Gasteiger partial charge in [-0.3, -0.25) is 0 Å². The van der Waals surface area contributed by atoms with E-state index >= 15 is 0 Å². The minimum Gasteiger partial charge on any atom is -0.495 e. The van der Waals surface area contributed by atoms with Crippen LogP contribution in [-0.4, -0.2) is 28.0 Å². The molecule has 0 spiro atoms. The van der Waals surface area contributed by atoms with E-state index in [1.165, 1.54) is 7.11 Å². The van der Waals surface area contributed by atoms with Crippen LogP contribution in [-0.2, 0) is 11.3 Å². The molecule has 0 saturated heterocycles. The number of esters is 1. The Hall–Kier alpha value is -3.82. The molecule has 0 radical (unpaired) electrons. The molecular formula is C18H15F2N5O3. The SMILES string of the molecule is COc1ccccc1Nc1nc(N)nc(COC(=O)c2ccc(F)c(F)c2)n1. The molecule has 0 amide bonds. The quantitative estimate of drug-likeness (QED) is 0.621. The minimum absolute atomic E-state index is 0.0702. The number of benzene rings is 2. The van der Waals surface area contributed by atoms with Gasteiger partial charge in [0.1, 0.15) is 5.75 Å². The van der Waals surface area contributed by atoms with Crippen LogP contribution in [0.15, 0.2) is 42.5 Å². The lowest BCUT2D eigenvalue weighted by atomic mass is 10.2. The Balaban J connectivity index is 1.72. The number of aromatic nitrogens is 3. The zero-order valence-corrected chi connectivity index (χ0v) is 14.6. The van der Waals surface area contributed by atoms with Crippen molar-refractivity contribution in [3.8, 4) is 5.75 Å². The summed E-state index contributed by atoms with van der Waals surface area (Å²) in [6.07, 6.45) is 0. The van der Waals surface area contributed by atoms with Gasteiger partial charge in [0, 0.05) is 0 Å². The fourth-order valence-corrected chi connectivity index (χ4v) is 2.26. The number of rotatable bonds is 6. The van der Waals surface area contributed by atoms with Crippen molar-refractivity contribution < 1.29 is 23.0 Å². The molecule has 0 aliphatic heterocycles. The number of nitrogens with two attached hydrogens (primary N) is 1. The van der Waals surface area contributed by atoms with Crippen molar-refractivity contribution >= 4 is 23.6 Å². The lowest BCUT2D eigenvalue weighted by Crippen LogP contribution is -2.11. The summed E-state index contributed by atoms with van der Waals surface area (Å²) in [6, 6.07) is 9.78. The maximum atomic E-state index is 13.2. The fourth-order valence-electron chi connectivity index (χ4n) is 2.26. The second-order valence-corrected chi connectivity index (χ2v) is 5.46. The van der Waals surface area contributed by atoms with Gasteiger partial charge in [-0.25, -0.2) is 13.6 Å². The van der Waals surface area contributed by atoms with Crippen molar-refractivity contribution in [3.63, 3.8) is 0 Å². The van der Waals surface area contributed by atoms with Gasteiger partial charge in [-0.1, -0.05) is 12.1 Å². The molecule has 0 atom stereocenters. The first-order chi connectivity index (χ1) is 13.5. The second-order valence-electron chi connectivity index (χ2n) is 5.46. The molecule has 1 heterocycles.